The summed E-state index contributed by atoms with van der Waals surface area (Å²) in [4.78, 5) is 2.52. The molecule has 1 aromatic rings. The van der Waals surface area contributed by atoms with Crippen molar-refractivity contribution in [3.8, 4) is 0 Å². The maximum Gasteiger partial charge on any atom is 0.0217 e. The molecule has 0 amide bonds. The first kappa shape index (κ1) is 14.5. The summed E-state index contributed by atoms with van der Waals surface area (Å²) in [5.74, 6) is 0. The molecule has 1 N–H and O–H groups in total. The smallest absolute Gasteiger partial charge is 0.0217 e. The fourth-order valence-corrected chi connectivity index (χ4v) is 2.96. The molecular weight excluding hydrogens is 232 g/mol. The van der Waals surface area contributed by atoms with Crippen LogP contribution < -0.4 is 5.32 Å². The second kappa shape index (κ2) is 7.66. The van der Waals surface area contributed by atoms with E-state index >= 15 is 0 Å². The van der Waals surface area contributed by atoms with E-state index in [0.29, 0.717) is 6.04 Å². The molecule has 0 aliphatic carbocycles. The molecule has 1 saturated heterocycles. The van der Waals surface area contributed by atoms with Crippen molar-refractivity contribution < 1.29 is 0 Å². The summed E-state index contributed by atoms with van der Waals surface area (Å²) in [6.45, 7) is 4.69. The Kier molecular flexibility index (Phi) is 5.87. The molecule has 1 aromatic carbocycles. The Hall–Kier alpha value is -0.860. The van der Waals surface area contributed by atoms with E-state index in [1.54, 1.807) is 0 Å². The average Bonchev–Trinajstić information content (AvgIpc) is 2.46. The molecule has 1 aliphatic rings. The highest BCUT2D eigenvalue weighted by molar-refractivity contribution is 5.15. The van der Waals surface area contributed by atoms with Gasteiger partial charge in [0.15, 0.2) is 0 Å². The topological polar surface area (TPSA) is 15.3 Å². The minimum Gasteiger partial charge on any atom is -0.312 e. The normalized spacial score (nSPS) is 22.3. The number of nitrogens with zero attached hydrogens (tertiary/aromatic N) is 1. The molecular formula is C17H28N2. The molecule has 0 spiro atoms. The summed E-state index contributed by atoms with van der Waals surface area (Å²) < 4.78 is 0. The number of benzene rings is 1. The Morgan fingerprint density at radius 3 is 2.74 bits per heavy atom. The van der Waals surface area contributed by atoms with Gasteiger partial charge in [0.05, 0.1) is 0 Å². The maximum atomic E-state index is 3.78. The molecule has 0 bridgehead atoms. The molecule has 2 unspecified atom stereocenters. The highest BCUT2D eigenvalue weighted by Crippen LogP contribution is 2.14. The van der Waals surface area contributed by atoms with E-state index in [4.69, 9.17) is 0 Å². The first-order chi connectivity index (χ1) is 9.29. The zero-order valence-electron chi connectivity index (χ0n) is 12.4. The third kappa shape index (κ3) is 4.63. The van der Waals surface area contributed by atoms with Gasteiger partial charge in [0, 0.05) is 18.6 Å². The summed E-state index contributed by atoms with van der Waals surface area (Å²) in [5.41, 5.74) is 1.44. The SMILES string of the molecule is CCC(Cc1ccccc1)NCC1CCCCN1C. The van der Waals surface area contributed by atoms with E-state index in [9.17, 15) is 0 Å². The van der Waals surface area contributed by atoms with Crippen molar-refractivity contribution >= 4 is 0 Å². The molecule has 0 aromatic heterocycles. The summed E-state index contributed by atoms with van der Waals surface area (Å²) in [7, 11) is 2.27. The third-order valence-corrected chi connectivity index (χ3v) is 4.38. The van der Waals surface area contributed by atoms with Gasteiger partial charge in [-0.15, -0.1) is 0 Å². The Morgan fingerprint density at radius 2 is 2.05 bits per heavy atom. The van der Waals surface area contributed by atoms with Crippen LogP contribution in [0.3, 0.4) is 0 Å². The van der Waals surface area contributed by atoms with Gasteiger partial charge in [0.1, 0.15) is 0 Å². The average molecular weight is 260 g/mol. The van der Waals surface area contributed by atoms with Crippen molar-refractivity contribution in [2.75, 3.05) is 20.1 Å². The van der Waals surface area contributed by atoms with E-state index in [-0.39, 0.29) is 0 Å². The van der Waals surface area contributed by atoms with E-state index in [1.165, 1.54) is 37.8 Å². The Bertz CT molecular complexity index is 350. The van der Waals surface area contributed by atoms with Crippen LogP contribution in [-0.2, 0) is 6.42 Å². The first-order valence-electron chi connectivity index (χ1n) is 7.77. The van der Waals surface area contributed by atoms with Crippen molar-refractivity contribution in [1.82, 2.24) is 10.2 Å². The van der Waals surface area contributed by atoms with Crippen LogP contribution in [0.25, 0.3) is 0 Å². The lowest BCUT2D eigenvalue weighted by Gasteiger charge is -2.33. The highest BCUT2D eigenvalue weighted by atomic mass is 15.2. The first-order valence-corrected chi connectivity index (χ1v) is 7.77. The maximum absolute atomic E-state index is 3.78. The number of hydrogen-bond donors (Lipinski definition) is 1. The van der Waals surface area contributed by atoms with Gasteiger partial charge in [-0.25, -0.2) is 0 Å². The van der Waals surface area contributed by atoms with Gasteiger partial charge in [-0.2, -0.15) is 0 Å². The standard InChI is InChI=1S/C17H28N2/c1-3-16(13-15-9-5-4-6-10-15)18-14-17-11-7-8-12-19(17)2/h4-6,9-10,16-18H,3,7-8,11-14H2,1-2H3. The number of likely N-dealkylation sites (tertiary alicyclic amines) is 1. The summed E-state index contributed by atoms with van der Waals surface area (Å²) in [6, 6.07) is 12.2. The second-order valence-electron chi connectivity index (χ2n) is 5.83. The van der Waals surface area contributed by atoms with Gasteiger partial charge >= 0.3 is 0 Å². The van der Waals surface area contributed by atoms with E-state index < -0.39 is 0 Å². The Morgan fingerprint density at radius 1 is 1.26 bits per heavy atom. The van der Waals surface area contributed by atoms with Gasteiger partial charge in [0.2, 0.25) is 0 Å². The van der Waals surface area contributed by atoms with E-state index in [2.05, 4.69) is 54.5 Å². The fraction of sp³-hybridized carbons (Fsp3) is 0.647. The fourth-order valence-electron chi connectivity index (χ4n) is 2.96. The van der Waals surface area contributed by atoms with Crippen LogP contribution in [-0.4, -0.2) is 37.1 Å². The van der Waals surface area contributed by atoms with Crippen molar-refractivity contribution in [2.45, 2.75) is 51.1 Å². The van der Waals surface area contributed by atoms with Crippen LogP contribution in [0.5, 0.6) is 0 Å². The number of likely N-dealkylation sites (N-methyl/N-ethyl adjacent to an activating group) is 1. The van der Waals surface area contributed by atoms with Gasteiger partial charge in [-0.05, 0) is 44.8 Å². The molecule has 2 heteroatoms. The van der Waals surface area contributed by atoms with E-state index in [0.717, 1.165) is 19.0 Å². The van der Waals surface area contributed by atoms with Crippen molar-refractivity contribution in [3.63, 3.8) is 0 Å². The molecule has 0 saturated carbocycles. The van der Waals surface area contributed by atoms with Crippen molar-refractivity contribution in [3.05, 3.63) is 35.9 Å². The monoisotopic (exact) mass is 260 g/mol. The van der Waals surface area contributed by atoms with Crippen LogP contribution in [0.4, 0.5) is 0 Å². The lowest BCUT2D eigenvalue weighted by atomic mass is 10.0. The minimum atomic E-state index is 0.609. The summed E-state index contributed by atoms with van der Waals surface area (Å²) >= 11 is 0. The van der Waals surface area contributed by atoms with Crippen molar-refractivity contribution in [1.29, 1.82) is 0 Å². The predicted molar refractivity (Wildman–Crippen MR) is 82.5 cm³/mol. The third-order valence-electron chi connectivity index (χ3n) is 4.38. The minimum absolute atomic E-state index is 0.609. The number of piperidine rings is 1. The number of rotatable bonds is 6. The molecule has 0 radical (unpaired) electrons. The highest BCUT2D eigenvalue weighted by Gasteiger charge is 2.19. The summed E-state index contributed by atoms with van der Waals surface area (Å²) in [6.07, 6.45) is 6.46. The molecule has 2 atom stereocenters. The predicted octanol–water partition coefficient (Wildman–Crippen LogP) is 3.08. The van der Waals surface area contributed by atoms with Gasteiger partial charge in [-0.3, -0.25) is 0 Å². The lowest BCUT2D eigenvalue weighted by molar-refractivity contribution is 0.177. The molecule has 2 rings (SSSR count). The molecule has 1 fully saturated rings. The van der Waals surface area contributed by atoms with Gasteiger partial charge in [-0.1, -0.05) is 43.7 Å². The number of hydrogen-bond acceptors (Lipinski definition) is 2. The van der Waals surface area contributed by atoms with Crippen LogP contribution >= 0.6 is 0 Å². The molecule has 19 heavy (non-hydrogen) atoms. The largest absolute Gasteiger partial charge is 0.312 e. The molecule has 1 aliphatic heterocycles. The number of nitrogens with one attached hydrogen (secondary N) is 1. The quantitative estimate of drug-likeness (QED) is 0.845. The van der Waals surface area contributed by atoms with Gasteiger partial charge < -0.3 is 10.2 Å². The second-order valence-corrected chi connectivity index (χ2v) is 5.83. The summed E-state index contributed by atoms with van der Waals surface area (Å²) in [5, 5.41) is 3.78. The van der Waals surface area contributed by atoms with Crippen LogP contribution in [0.2, 0.25) is 0 Å². The van der Waals surface area contributed by atoms with Crippen LogP contribution in [0, 0.1) is 0 Å². The molecule has 1 heterocycles. The van der Waals surface area contributed by atoms with Crippen molar-refractivity contribution in [2.24, 2.45) is 0 Å². The van der Waals surface area contributed by atoms with Crippen LogP contribution in [0.15, 0.2) is 30.3 Å². The lowest BCUT2D eigenvalue weighted by Crippen LogP contribution is -2.46. The van der Waals surface area contributed by atoms with Crippen LogP contribution in [0.1, 0.15) is 38.2 Å². The zero-order chi connectivity index (χ0) is 13.5. The van der Waals surface area contributed by atoms with Gasteiger partial charge in [0.25, 0.3) is 0 Å². The molecule has 106 valence electrons. The Labute approximate surface area is 118 Å². The zero-order valence-corrected chi connectivity index (χ0v) is 12.4. The Balaban J connectivity index is 1.79. The molecule has 2 nitrogen and oxygen atoms in total. The van der Waals surface area contributed by atoms with E-state index in [1.807, 2.05) is 0 Å².